The smallest absolute Gasteiger partial charge is 0.254 e. The van der Waals surface area contributed by atoms with Gasteiger partial charge in [-0.2, -0.15) is 0 Å². The minimum absolute atomic E-state index is 0.0139. The van der Waals surface area contributed by atoms with Crippen molar-refractivity contribution in [3.63, 3.8) is 0 Å². The Labute approximate surface area is 55.4 Å². The predicted octanol–water partition coefficient (Wildman–Crippen LogP) is 1.50. The van der Waals surface area contributed by atoms with Crippen LogP contribution in [0.4, 0.5) is 4.79 Å². The van der Waals surface area contributed by atoms with Crippen LogP contribution in [0.1, 0.15) is 6.92 Å². The van der Waals surface area contributed by atoms with Gasteiger partial charge in [0.2, 0.25) is 5.12 Å². The molecule has 1 atom stereocenters. The Balaban J connectivity index is 2.64. The number of hydrogen-bond donors (Lipinski definition) is 0. The van der Waals surface area contributed by atoms with Gasteiger partial charge in [-0.25, -0.2) is 0 Å². The van der Waals surface area contributed by atoms with Crippen LogP contribution in [0.25, 0.3) is 0 Å². The molecule has 1 heterocycles. The molecule has 0 radical (unpaired) electrons. The van der Waals surface area contributed by atoms with E-state index in [0.717, 1.165) is 23.5 Å². The minimum Gasteiger partial charge on any atom is -0.285 e. The Morgan fingerprint density at radius 2 is 2.12 bits per heavy atom. The molecule has 1 rings (SSSR count). The van der Waals surface area contributed by atoms with Crippen LogP contribution in [0.5, 0.6) is 0 Å². The Morgan fingerprint density at radius 1 is 1.50 bits per heavy atom. The molecule has 1 fully saturated rings. The summed E-state index contributed by atoms with van der Waals surface area (Å²) in [6.07, 6.45) is 0. The molecule has 8 heavy (non-hydrogen) atoms. The maximum absolute atomic E-state index is 10.5. The molecule has 0 amide bonds. The largest absolute Gasteiger partial charge is 0.285 e. The first-order valence-corrected chi connectivity index (χ1v) is 3.82. The summed E-state index contributed by atoms with van der Waals surface area (Å²) in [5.74, 6) is 0. The van der Waals surface area contributed by atoms with E-state index in [1.54, 1.807) is 6.92 Å². The second kappa shape index (κ2) is 2.11. The highest BCUT2D eigenvalue weighted by atomic mass is 32.2. The highest BCUT2D eigenvalue weighted by Gasteiger charge is 2.28. The van der Waals surface area contributed by atoms with Crippen molar-refractivity contribution in [1.29, 1.82) is 0 Å². The van der Waals surface area contributed by atoms with Gasteiger partial charge >= 0.3 is 0 Å². The Kier molecular flexibility index (Phi) is 1.62. The molecule has 0 bridgehead atoms. The number of carbonyl (C=O) groups excluding carboxylic acids is 2. The lowest BCUT2D eigenvalue weighted by Gasteiger charge is -1.87. The molecule has 0 aromatic carbocycles. The van der Waals surface area contributed by atoms with Crippen molar-refractivity contribution < 1.29 is 9.59 Å². The summed E-state index contributed by atoms with van der Waals surface area (Å²) < 4.78 is -0.0671. The third kappa shape index (κ3) is 1.06. The maximum atomic E-state index is 10.5. The predicted molar refractivity (Wildman–Crippen MR) is 35.0 cm³/mol. The lowest BCUT2D eigenvalue weighted by Crippen LogP contribution is -1.99. The van der Waals surface area contributed by atoms with E-state index in [1.807, 2.05) is 0 Å². The van der Waals surface area contributed by atoms with E-state index in [0.29, 0.717) is 0 Å². The van der Waals surface area contributed by atoms with E-state index < -0.39 is 0 Å². The highest BCUT2D eigenvalue weighted by molar-refractivity contribution is 8.49. The van der Waals surface area contributed by atoms with E-state index in [1.165, 1.54) is 0 Å². The van der Waals surface area contributed by atoms with Crippen LogP contribution in [0, 0.1) is 0 Å². The van der Waals surface area contributed by atoms with E-state index in [9.17, 15) is 9.59 Å². The summed E-state index contributed by atoms with van der Waals surface area (Å²) in [7, 11) is 0. The van der Waals surface area contributed by atoms with Gasteiger partial charge < -0.3 is 0 Å². The summed E-state index contributed by atoms with van der Waals surface area (Å²) in [6, 6.07) is 0. The molecule has 0 aliphatic carbocycles. The van der Waals surface area contributed by atoms with Gasteiger partial charge in [-0.05, 0) is 18.7 Å². The van der Waals surface area contributed by atoms with Gasteiger partial charge in [-0.3, -0.25) is 9.59 Å². The molecule has 0 aromatic heterocycles. The normalized spacial score (nSPS) is 29.4. The third-order valence-electron chi connectivity index (χ3n) is 0.789. The second-order valence-electron chi connectivity index (χ2n) is 1.43. The molecule has 0 N–H and O–H groups in total. The van der Waals surface area contributed by atoms with Gasteiger partial charge in [-0.15, -0.1) is 0 Å². The van der Waals surface area contributed by atoms with Crippen LogP contribution in [0.15, 0.2) is 0 Å². The summed E-state index contributed by atoms with van der Waals surface area (Å²) in [5.41, 5.74) is 0. The molecule has 0 aromatic rings. The van der Waals surface area contributed by atoms with Crippen LogP contribution < -0.4 is 0 Å². The molecule has 0 spiro atoms. The first kappa shape index (κ1) is 6.16. The zero-order valence-electron chi connectivity index (χ0n) is 4.21. The molecule has 0 unspecified atom stereocenters. The zero-order valence-corrected chi connectivity index (χ0v) is 5.84. The highest BCUT2D eigenvalue weighted by Crippen LogP contribution is 2.33. The van der Waals surface area contributed by atoms with Gasteiger partial charge in [0.25, 0.3) is 4.45 Å². The van der Waals surface area contributed by atoms with E-state index in [2.05, 4.69) is 0 Å². The van der Waals surface area contributed by atoms with E-state index in [-0.39, 0.29) is 14.8 Å². The fraction of sp³-hybridized carbons (Fsp3) is 0.500. The molecule has 0 saturated carbocycles. The van der Waals surface area contributed by atoms with Crippen molar-refractivity contribution in [2.75, 3.05) is 0 Å². The number of thioether (sulfide) groups is 2. The molecule has 1 saturated heterocycles. The fourth-order valence-corrected chi connectivity index (χ4v) is 2.26. The van der Waals surface area contributed by atoms with Crippen molar-refractivity contribution >= 4 is 33.1 Å². The van der Waals surface area contributed by atoms with Gasteiger partial charge in [0.15, 0.2) is 0 Å². The zero-order chi connectivity index (χ0) is 6.15. The first-order valence-electron chi connectivity index (χ1n) is 2.12. The van der Waals surface area contributed by atoms with Crippen LogP contribution in [-0.2, 0) is 4.79 Å². The summed E-state index contributed by atoms with van der Waals surface area (Å²) in [5, 5.41) is -0.132. The van der Waals surface area contributed by atoms with E-state index >= 15 is 0 Å². The molecule has 1 aliphatic rings. The molecule has 44 valence electrons. The van der Waals surface area contributed by atoms with Crippen molar-refractivity contribution in [2.45, 2.75) is 12.2 Å². The number of hydrogen-bond acceptors (Lipinski definition) is 4. The van der Waals surface area contributed by atoms with Crippen LogP contribution in [0.3, 0.4) is 0 Å². The number of rotatable bonds is 0. The molecular formula is C4H4O2S2. The standard InChI is InChI=1S/C4H4O2S2/c1-2-3(5)8-4(6)7-2/h2H,1H3/t2-/m0/s1. The summed E-state index contributed by atoms with van der Waals surface area (Å²) in [4.78, 5) is 20.9. The summed E-state index contributed by atoms with van der Waals surface area (Å²) in [6.45, 7) is 1.74. The Bertz CT molecular complexity index is 143. The average Bonchev–Trinajstić information content (AvgIpc) is 1.85. The van der Waals surface area contributed by atoms with Crippen LogP contribution in [0.2, 0.25) is 0 Å². The topological polar surface area (TPSA) is 34.1 Å². The van der Waals surface area contributed by atoms with Gasteiger partial charge in [0, 0.05) is 0 Å². The van der Waals surface area contributed by atoms with Gasteiger partial charge in [0.05, 0.1) is 5.25 Å². The summed E-state index contributed by atoms with van der Waals surface area (Å²) >= 11 is 1.92. The third-order valence-corrected chi connectivity index (χ3v) is 2.96. The van der Waals surface area contributed by atoms with Gasteiger partial charge in [-0.1, -0.05) is 11.8 Å². The van der Waals surface area contributed by atoms with Crippen LogP contribution >= 0.6 is 23.5 Å². The molecule has 1 aliphatic heterocycles. The lowest BCUT2D eigenvalue weighted by atomic mass is 10.5. The van der Waals surface area contributed by atoms with Crippen LogP contribution in [-0.4, -0.2) is 14.8 Å². The van der Waals surface area contributed by atoms with Crippen molar-refractivity contribution in [2.24, 2.45) is 0 Å². The second-order valence-corrected chi connectivity index (χ2v) is 3.98. The Morgan fingerprint density at radius 3 is 2.25 bits per heavy atom. The molecular weight excluding hydrogens is 144 g/mol. The fourth-order valence-electron chi connectivity index (χ4n) is 0.382. The van der Waals surface area contributed by atoms with Crippen molar-refractivity contribution in [3.8, 4) is 0 Å². The SMILES string of the molecule is C[C@@H]1SC(=O)SC1=O. The van der Waals surface area contributed by atoms with Crippen molar-refractivity contribution in [1.82, 2.24) is 0 Å². The minimum atomic E-state index is -0.118. The quantitative estimate of drug-likeness (QED) is 0.521. The van der Waals surface area contributed by atoms with E-state index in [4.69, 9.17) is 0 Å². The monoisotopic (exact) mass is 148 g/mol. The Hall–Kier alpha value is 0.0400. The van der Waals surface area contributed by atoms with Gasteiger partial charge in [0.1, 0.15) is 0 Å². The molecule has 2 nitrogen and oxygen atoms in total. The van der Waals surface area contributed by atoms with Crippen molar-refractivity contribution in [3.05, 3.63) is 0 Å². The first-order chi connectivity index (χ1) is 3.70. The molecule has 4 heteroatoms. The number of carbonyl (C=O) groups is 2. The lowest BCUT2D eigenvalue weighted by molar-refractivity contribution is -0.110. The average molecular weight is 148 g/mol. The maximum Gasteiger partial charge on any atom is 0.254 e.